The van der Waals surface area contributed by atoms with Gasteiger partial charge in [0.1, 0.15) is 5.82 Å². The van der Waals surface area contributed by atoms with Gasteiger partial charge in [0.15, 0.2) is 5.65 Å². The van der Waals surface area contributed by atoms with Gasteiger partial charge < -0.3 is 16.4 Å². The summed E-state index contributed by atoms with van der Waals surface area (Å²) >= 11 is 6.07. The van der Waals surface area contributed by atoms with Crippen LogP contribution in [0.25, 0.3) is 16.8 Å². The third-order valence-corrected chi connectivity index (χ3v) is 4.68. The maximum Gasteiger partial charge on any atom is 0.323 e. The van der Waals surface area contributed by atoms with E-state index in [0.717, 1.165) is 16.7 Å². The van der Waals surface area contributed by atoms with Crippen LogP contribution in [-0.4, -0.2) is 20.6 Å². The summed E-state index contributed by atoms with van der Waals surface area (Å²) in [5.74, 6) is 0.510. The number of nitrogens with one attached hydrogen (secondary N) is 2. The molecule has 0 radical (unpaired) electrons. The first-order chi connectivity index (χ1) is 13.5. The number of nitrogens with zero attached hydrogens (tertiary/aromatic N) is 3. The molecule has 4 aromatic rings. The highest BCUT2D eigenvalue weighted by atomic mass is 35.5. The number of fused-ring (bicyclic) bond motifs is 1. The molecule has 0 spiro atoms. The molecule has 7 nitrogen and oxygen atoms in total. The van der Waals surface area contributed by atoms with E-state index in [2.05, 4.69) is 20.7 Å². The Labute approximate surface area is 166 Å². The topological polar surface area (TPSA) is 97.3 Å². The Hall–Kier alpha value is -3.58. The van der Waals surface area contributed by atoms with E-state index in [9.17, 15) is 4.79 Å². The Morgan fingerprint density at radius 1 is 1.11 bits per heavy atom. The lowest BCUT2D eigenvalue weighted by molar-refractivity contribution is 0.262. The second-order valence-corrected chi connectivity index (χ2v) is 6.65. The van der Waals surface area contributed by atoms with Crippen LogP contribution < -0.4 is 16.4 Å². The molecule has 2 aromatic carbocycles. The molecule has 0 aliphatic heterocycles. The standard InChI is InChI=1S/C20H17ClN6O/c1-12-10-13(25-20(28)26-17-5-3-2-4-16(17)21)6-7-14(12)15-11-23-18-8-9-24-27(18)19(15)22/h2-11H,22H2,1H3,(H2,25,26,28). The van der Waals surface area contributed by atoms with Crippen molar-refractivity contribution in [2.45, 2.75) is 6.92 Å². The number of halogens is 1. The number of benzene rings is 2. The molecule has 28 heavy (non-hydrogen) atoms. The highest BCUT2D eigenvalue weighted by molar-refractivity contribution is 6.33. The van der Waals surface area contributed by atoms with Crippen LogP contribution in [0.15, 0.2) is 60.9 Å². The van der Waals surface area contributed by atoms with E-state index in [0.29, 0.717) is 27.9 Å². The summed E-state index contributed by atoms with van der Waals surface area (Å²) in [7, 11) is 0. The summed E-state index contributed by atoms with van der Waals surface area (Å²) in [5.41, 5.74) is 10.8. The average Bonchev–Trinajstić information content (AvgIpc) is 3.14. The van der Waals surface area contributed by atoms with Crippen LogP contribution in [0, 0.1) is 6.92 Å². The second kappa shape index (κ2) is 7.21. The highest BCUT2D eigenvalue weighted by Crippen LogP contribution is 2.30. The van der Waals surface area contributed by atoms with Gasteiger partial charge >= 0.3 is 6.03 Å². The van der Waals surface area contributed by atoms with Crippen LogP contribution in [0.5, 0.6) is 0 Å². The van der Waals surface area contributed by atoms with E-state index in [-0.39, 0.29) is 6.03 Å². The quantitative estimate of drug-likeness (QED) is 0.475. The van der Waals surface area contributed by atoms with Gasteiger partial charge in [0.05, 0.1) is 16.9 Å². The number of rotatable bonds is 3. The van der Waals surface area contributed by atoms with E-state index >= 15 is 0 Å². The summed E-state index contributed by atoms with van der Waals surface area (Å²) < 4.78 is 1.60. The lowest BCUT2D eigenvalue weighted by atomic mass is 10.0. The van der Waals surface area contributed by atoms with E-state index in [4.69, 9.17) is 17.3 Å². The van der Waals surface area contributed by atoms with Crippen molar-refractivity contribution >= 4 is 40.5 Å². The number of amides is 2. The summed E-state index contributed by atoms with van der Waals surface area (Å²) in [6, 6.07) is 14.0. The number of urea groups is 1. The zero-order valence-electron chi connectivity index (χ0n) is 15.0. The zero-order chi connectivity index (χ0) is 19.7. The number of hydrogen-bond acceptors (Lipinski definition) is 4. The number of carbonyl (C=O) groups is 1. The predicted octanol–water partition coefficient (Wildman–Crippen LogP) is 4.58. The molecule has 4 N–H and O–H groups in total. The number of aromatic nitrogens is 3. The number of nitrogen functional groups attached to an aromatic ring is 1. The van der Waals surface area contributed by atoms with Crippen LogP contribution >= 0.6 is 11.6 Å². The lowest BCUT2D eigenvalue weighted by Crippen LogP contribution is -2.19. The molecule has 0 saturated heterocycles. The molecule has 0 aliphatic carbocycles. The van der Waals surface area contributed by atoms with Crippen molar-refractivity contribution in [1.82, 2.24) is 14.6 Å². The number of anilines is 3. The Morgan fingerprint density at radius 3 is 2.71 bits per heavy atom. The van der Waals surface area contributed by atoms with Gasteiger partial charge in [-0.05, 0) is 42.3 Å². The average molecular weight is 393 g/mol. The van der Waals surface area contributed by atoms with Gasteiger partial charge in [-0.2, -0.15) is 9.61 Å². The molecule has 2 aromatic heterocycles. The van der Waals surface area contributed by atoms with E-state index < -0.39 is 0 Å². The van der Waals surface area contributed by atoms with Crippen molar-refractivity contribution in [1.29, 1.82) is 0 Å². The molecule has 0 unspecified atom stereocenters. The van der Waals surface area contributed by atoms with Gasteiger partial charge in [0.25, 0.3) is 0 Å². The summed E-state index contributed by atoms with van der Waals surface area (Å²) in [4.78, 5) is 16.6. The number of aryl methyl sites for hydroxylation is 1. The molecule has 2 amide bonds. The van der Waals surface area contributed by atoms with Gasteiger partial charge in [-0.25, -0.2) is 9.78 Å². The fraction of sp³-hybridized carbons (Fsp3) is 0.0500. The third kappa shape index (κ3) is 3.35. The molecule has 140 valence electrons. The van der Waals surface area contributed by atoms with Crippen LogP contribution in [0.3, 0.4) is 0 Å². The van der Waals surface area contributed by atoms with Crippen molar-refractivity contribution in [2.75, 3.05) is 16.4 Å². The second-order valence-electron chi connectivity index (χ2n) is 6.25. The van der Waals surface area contributed by atoms with Crippen molar-refractivity contribution in [3.05, 3.63) is 71.5 Å². The Kier molecular flexibility index (Phi) is 4.58. The van der Waals surface area contributed by atoms with Crippen LogP contribution in [0.2, 0.25) is 5.02 Å². The number of hydrogen-bond donors (Lipinski definition) is 3. The predicted molar refractivity (Wildman–Crippen MR) is 112 cm³/mol. The van der Waals surface area contributed by atoms with Gasteiger partial charge in [-0.1, -0.05) is 29.8 Å². The summed E-state index contributed by atoms with van der Waals surface area (Å²) in [6.45, 7) is 1.94. The molecular weight excluding hydrogens is 376 g/mol. The smallest absolute Gasteiger partial charge is 0.323 e. The van der Waals surface area contributed by atoms with Crippen LogP contribution in [-0.2, 0) is 0 Å². The minimum absolute atomic E-state index is 0.376. The fourth-order valence-corrected chi connectivity index (χ4v) is 3.17. The Morgan fingerprint density at radius 2 is 1.93 bits per heavy atom. The molecule has 0 bridgehead atoms. The Bertz CT molecular complexity index is 1190. The minimum atomic E-state index is -0.376. The molecule has 0 aliphatic rings. The molecule has 0 saturated carbocycles. The van der Waals surface area contributed by atoms with Crippen molar-refractivity contribution in [2.24, 2.45) is 0 Å². The third-order valence-electron chi connectivity index (χ3n) is 4.35. The highest BCUT2D eigenvalue weighted by Gasteiger charge is 2.12. The molecule has 4 rings (SSSR count). The van der Waals surface area contributed by atoms with Gasteiger partial charge in [0.2, 0.25) is 0 Å². The van der Waals surface area contributed by atoms with Gasteiger partial charge in [-0.15, -0.1) is 0 Å². The first-order valence-electron chi connectivity index (χ1n) is 8.55. The first kappa shape index (κ1) is 17.8. The van der Waals surface area contributed by atoms with E-state index in [1.165, 1.54) is 0 Å². The summed E-state index contributed by atoms with van der Waals surface area (Å²) in [5, 5.41) is 10.2. The molecule has 0 fully saturated rings. The van der Waals surface area contributed by atoms with Crippen LogP contribution in [0.4, 0.5) is 22.0 Å². The summed E-state index contributed by atoms with van der Waals surface area (Å²) in [6.07, 6.45) is 3.38. The number of carbonyl (C=O) groups excluding carboxylic acids is 1. The normalized spacial score (nSPS) is 10.8. The molecule has 2 heterocycles. The Balaban J connectivity index is 1.56. The molecule has 0 atom stereocenters. The monoisotopic (exact) mass is 392 g/mol. The number of para-hydroxylation sites is 1. The van der Waals surface area contributed by atoms with Crippen LogP contribution in [0.1, 0.15) is 5.56 Å². The fourth-order valence-electron chi connectivity index (χ4n) is 2.99. The maximum atomic E-state index is 12.2. The first-order valence-corrected chi connectivity index (χ1v) is 8.92. The largest absolute Gasteiger partial charge is 0.383 e. The van der Waals surface area contributed by atoms with Crippen molar-refractivity contribution in [3.8, 4) is 11.1 Å². The maximum absolute atomic E-state index is 12.2. The lowest BCUT2D eigenvalue weighted by Gasteiger charge is -2.13. The van der Waals surface area contributed by atoms with E-state index in [1.807, 2.05) is 19.1 Å². The van der Waals surface area contributed by atoms with E-state index in [1.54, 1.807) is 53.3 Å². The van der Waals surface area contributed by atoms with Crippen molar-refractivity contribution < 1.29 is 4.79 Å². The zero-order valence-corrected chi connectivity index (χ0v) is 15.7. The minimum Gasteiger partial charge on any atom is -0.383 e. The SMILES string of the molecule is Cc1cc(NC(=O)Nc2ccccc2Cl)ccc1-c1cnc2ccnn2c1N. The number of nitrogens with two attached hydrogens (primary N) is 1. The molecule has 8 heteroatoms. The van der Waals surface area contributed by atoms with Gasteiger partial charge in [-0.3, -0.25) is 0 Å². The van der Waals surface area contributed by atoms with Gasteiger partial charge in [0, 0.05) is 23.5 Å². The van der Waals surface area contributed by atoms with Crippen molar-refractivity contribution in [3.63, 3.8) is 0 Å². The molecular formula is C20H17ClN6O.